The number of hydrogen-bond donors (Lipinski definition) is 8. The molecule has 2 rings (SSSR count). The number of aliphatic carboxylic acids is 2. The minimum Gasteiger partial charge on any atom is -0.508 e. The summed E-state index contributed by atoms with van der Waals surface area (Å²) in [5.41, 5.74) is 5.59. The van der Waals surface area contributed by atoms with Gasteiger partial charge in [-0.25, -0.2) is 4.79 Å². The van der Waals surface area contributed by atoms with Crippen LogP contribution in [-0.4, -0.2) is 81.6 Å². The second-order valence-electron chi connectivity index (χ2n) is 8.64. The van der Waals surface area contributed by atoms with Crippen molar-refractivity contribution in [3.63, 3.8) is 0 Å². The Labute approximate surface area is 212 Å². The number of primary amides is 1. The number of hydrogen-bond acceptors (Lipinski definition) is 8. The summed E-state index contributed by atoms with van der Waals surface area (Å²) in [4.78, 5) is 72.4. The Bertz CT molecular complexity index is 1010. The van der Waals surface area contributed by atoms with Crippen molar-refractivity contribution in [2.45, 2.75) is 62.7 Å². The van der Waals surface area contributed by atoms with E-state index in [0.717, 1.165) is 6.42 Å². The van der Waals surface area contributed by atoms with Crippen molar-refractivity contribution in [1.29, 1.82) is 0 Å². The fraction of sp³-hybridized carbons (Fsp3) is 0.478. The third-order valence-corrected chi connectivity index (χ3v) is 5.69. The van der Waals surface area contributed by atoms with Crippen LogP contribution in [0, 0.1) is 0 Å². The maximum Gasteiger partial charge on any atom is 0.326 e. The van der Waals surface area contributed by atoms with Gasteiger partial charge in [0, 0.05) is 12.8 Å². The van der Waals surface area contributed by atoms with Gasteiger partial charge >= 0.3 is 11.9 Å². The lowest BCUT2D eigenvalue weighted by Gasteiger charge is -2.24. The lowest BCUT2D eigenvalue weighted by molar-refractivity contribution is -0.143. The number of carbonyl (C=O) groups excluding carboxylic acids is 4. The van der Waals surface area contributed by atoms with Gasteiger partial charge in [-0.2, -0.15) is 0 Å². The van der Waals surface area contributed by atoms with E-state index in [9.17, 15) is 44.1 Å². The zero-order valence-electron chi connectivity index (χ0n) is 19.9. The molecule has 4 atom stereocenters. The molecule has 14 heteroatoms. The molecule has 1 aliphatic rings. The summed E-state index contributed by atoms with van der Waals surface area (Å²) in [7, 11) is 0. The number of carbonyl (C=O) groups is 6. The highest BCUT2D eigenvalue weighted by molar-refractivity contribution is 5.95. The number of phenols is 1. The lowest BCUT2D eigenvalue weighted by atomic mass is 10.0. The Morgan fingerprint density at radius 1 is 0.946 bits per heavy atom. The van der Waals surface area contributed by atoms with E-state index in [4.69, 9.17) is 5.73 Å². The van der Waals surface area contributed by atoms with Gasteiger partial charge in [0.25, 0.3) is 0 Å². The van der Waals surface area contributed by atoms with Crippen LogP contribution in [0.1, 0.15) is 37.7 Å². The van der Waals surface area contributed by atoms with E-state index in [2.05, 4.69) is 21.3 Å². The van der Waals surface area contributed by atoms with E-state index in [1.807, 2.05) is 0 Å². The van der Waals surface area contributed by atoms with Crippen molar-refractivity contribution in [2.75, 3.05) is 6.54 Å². The first-order valence-electron chi connectivity index (χ1n) is 11.6. The molecular weight excluding hydrogens is 490 g/mol. The van der Waals surface area contributed by atoms with Crippen LogP contribution in [0.2, 0.25) is 0 Å². The van der Waals surface area contributed by atoms with Gasteiger partial charge in [0.05, 0.1) is 12.5 Å². The molecule has 1 aromatic carbocycles. The number of nitrogens with two attached hydrogens (primary N) is 1. The summed E-state index contributed by atoms with van der Waals surface area (Å²) in [5.74, 6) is -6.14. The highest BCUT2D eigenvalue weighted by Crippen LogP contribution is 2.13. The Morgan fingerprint density at radius 3 is 2.11 bits per heavy atom. The van der Waals surface area contributed by atoms with E-state index >= 15 is 0 Å². The molecule has 1 heterocycles. The Kier molecular flexibility index (Phi) is 10.8. The highest BCUT2D eigenvalue weighted by Gasteiger charge is 2.32. The normalized spacial score (nSPS) is 17.1. The fourth-order valence-electron chi connectivity index (χ4n) is 3.73. The summed E-state index contributed by atoms with van der Waals surface area (Å²) in [6.45, 7) is 0.633. The van der Waals surface area contributed by atoms with E-state index in [1.54, 1.807) is 0 Å². The third kappa shape index (κ3) is 9.76. The predicted octanol–water partition coefficient (Wildman–Crippen LogP) is -2.03. The molecular formula is C23H31N5O9. The van der Waals surface area contributed by atoms with Gasteiger partial charge < -0.3 is 42.3 Å². The molecule has 1 aliphatic heterocycles. The summed E-state index contributed by atoms with van der Waals surface area (Å²) < 4.78 is 0. The zero-order valence-corrected chi connectivity index (χ0v) is 19.9. The van der Waals surface area contributed by atoms with Crippen LogP contribution >= 0.6 is 0 Å². The number of amides is 4. The summed E-state index contributed by atoms with van der Waals surface area (Å²) in [6, 6.07) is 0.898. The number of aromatic hydroxyl groups is 1. The molecule has 1 saturated heterocycles. The van der Waals surface area contributed by atoms with Crippen molar-refractivity contribution in [3.8, 4) is 5.75 Å². The van der Waals surface area contributed by atoms with Gasteiger partial charge in [-0.3, -0.25) is 24.0 Å². The van der Waals surface area contributed by atoms with Crippen molar-refractivity contribution in [2.24, 2.45) is 5.73 Å². The minimum absolute atomic E-state index is 0.00791. The van der Waals surface area contributed by atoms with Crippen LogP contribution in [0.4, 0.5) is 0 Å². The largest absolute Gasteiger partial charge is 0.508 e. The molecule has 0 radical (unpaired) electrons. The standard InChI is InChI=1S/C23H31N5O9/c24-18(30)8-7-15(23(36)37)26-22(35)17(11-19(31)32)28-21(34)16(10-12-3-5-13(29)6-4-12)27-20(33)14-2-1-9-25-14/h3-6,14-17,25,29H,1-2,7-11H2,(H2,24,30)(H,26,35)(H,27,33)(H,28,34)(H,31,32)(H,36,37). The van der Waals surface area contributed by atoms with Crippen LogP contribution in [0.15, 0.2) is 24.3 Å². The Morgan fingerprint density at radius 2 is 1.57 bits per heavy atom. The molecule has 0 saturated carbocycles. The molecule has 4 unspecified atom stereocenters. The first-order valence-corrected chi connectivity index (χ1v) is 11.6. The molecule has 37 heavy (non-hydrogen) atoms. The monoisotopic (exact) mass is 521 g/mol. The van der Waals surface area contributed by atoms with Gasteiger partial charge in [-0.1, -0.05) is 12.1 Å². The average molecular weight is 522 g/mol. The summed E-state index contributed by atoms with van der Waals surface area (Å²) in [6.07, 6.45) is -0.257. The Hall–Kier alpha value is -4.20. The van der Waals surface area contributed by atoms with Crippen LogP contribution in [0.3, 0.4) is 0 Å². The minimum atomic E-state index is -1.68. The molecule has 9 N–H and O–H groups in total. The van der Waals surface area contributed by atoms with E-state index in [-0.39, 0.29) is 25.0 Å². The zero-order chi connectivity index (χ0) is 27.5. The molecule has 202 valence electrons. The maximum absolute atomic E-state index is 13.1. The number of phenolic OH excluding ortho intramolecular Hbond substituents is 1. The van der Waals surface area contributed by atoms with Gasteiger partial charge in [0.2, 0.25) is 23.6 Å². The van der Waals surface area contributed by atoms with Crippen LogP contribution in [0.25, 0.3) is 0 Å². The number of nitrogens with one attached hydrogen (secondary N) is 4. The van der Waals surface area contributed by atoms with E-state index < -0.39 is 66.2 Å². The quantitative estimate of drug-likeness (QED) is 0.133. The number of carboxylic acid groups (broad SMARTS) is 2. The van der Waals surface area contributed by atoms with Gasteiger partial charge in [0.15, 0.2) is 0 Å². The number of benzene rings is 1. The molecule has 0 aromatic heterocycles. The van der Waals surface area contributed by atoms with Crippen LogP contribution in [0.5, 0.6) is 5.75 Å². The lowest BCUT2D eigenvalue weighted by Crippen LogP contribution is -2.58. The second kappa shape index (κ2) is 13.8. The van der Waals surface area contributed by atoms with E-state index in [1.165, 1.54) is 24.3 Å². The SMILES string of the molecule is NC(=O)CCC(NC(=O)C(CC(=O)O)NC(=O)C(Cc1ccc(O)cc1)NC(=O)C1CCCN1)C(=O)O. The molecule has 0 spiro atoms. The Balaban J connectivity index is 2.19. The molecule has 1 fully saturated rings. The number of carboxylic acids is 2. The van der Waals surface area contributed by atoms with Crippen molar-refractivity contribution in [3.05, 3.63) is 29.8 Å². The average Bonchev–Trinajstić information content (AvgIpc) is 3.36. The smallest absolute Gasteiger partial charge is 0.326 e. The second-order valence-corrected chi connectivity index (χ2v) is 8.64. The van der Waals surface area contributed by atoms with Crippen LogP contribution in [-0.2, 0) is 35.2 Å². The molecule has 4 amide bonds. The van der Waals surface area contributed by atoms with Gasteiger partial charge in [-0.05, 0) is 43.5 Å². The highest BCUT2D eigenvalue weighted by atomic mass is 16.4. The van der Waals surface area contributed by atoms with Crippen molar-refractivity contribution in [1.82, 2.24) is 21.3 Å². The first-order chi connectivity index (χ1) is 17.5. The van der Waals surface area contributed by atoms with Crippen molar-refractivity contribution >= 4 is 35.6 Å². The maximum atomic E-state index is 13.1. The molecule has 1 aromatic rings. The third-order valence-electron chi connectivity index (χ3n) is 5.69. The fourth-order valence-corrected chi connectivity index (χ4v) is 3.73. The molecule has 0 bridgehead atoms. The van der Waals surface area contributed by atoms with Crippen LogP contribution < -0.4 is 27.0 Å². The van der Waals surface area contributed by atoms with E-state index in [0.29, 0.717) is 18.5 Å². The summed E-state index contributed by atoms with van der Waals surface area (Å²) >= 11 is 0. The van der Waals surface area contributed by atoms with Gasteiger partial charge in [-0.15, -0.1) is 0 Å². The summed E-state index contributed by atoms with van der Waals surface area (Å²) in [5, 5.41) is 38.1. The van der Waals surface area contributed by atoms with Crippen molar-refractivity contribution < 1.29 is 44.1 Å². The first kappa shape index (κ1) is 29.0. The molecule has 0 aliphatic carbocycles. The van der Waals surface area contributed by atoms with Gasteiger partial charge in [0.1, 0.15) is 23.9 Å². The molecule has 14 nitrogen and oxygen atoms in total. The topological polar surface area (TPSA) is 237 Å². The predicted molar refractivity (Wildman–Crippen MR) is 127 cm³/mol. The number of rotatable bonds is 14.